The molecule has 1 saturated heterocycles. The third-order valence-electron chi connectivity index (χ3n) is 5.72. The van der Waals surface area contributed by atoms with Crippen molar-refractivity contribution in [3.8, 4) is 5.75 Å². The quantitative estimate of drug-likeness (QED) is 0.765. The van der Waals surface area contributed by atoms with Crippen LogP contribution in [0, 0.1) is 0 Å². The Morgan fingerprint density at radius 3 is 2.76 bits per heavy atom. The Hall–Kier alpha value is -1.67. The van der Waals surface area contributed by atoms with Crippen LogP contribution in [0.1, 0.15) is 36.8 Å². The first-order chi connectivity index (χ1) is 13.9. The molecule has 0 spiro atoms. The summed E-state index contributed by atoms with van der Waals surface area (Å²) < 4.78 is 43.1. The first kappa shape index (κ1) is 20.6. The monoisotopic (exact) mass is 426 g/mol. The number of pyridine rings is 1. The van der Waals surface area contributed by atoms with Crippen molar-refractivity contribution in [2.75, 3.05) is 25.4 Å². The number of ether oxygens (including phenoxy) is 1. The van der Waals surface area contributed by atoms with Crippen molar-refractivity contribution < 1.29 is 17.9 Å². The zero-order valence-electron chi connectivity index (χ0n) is 16.2. The van der Waals surface area contributed by atoms with Gasteiger partial charge < -0.3 is 14.6 Å². The molecule has 4 rings (SSSR count). The summed E-state index contributed by atoms with van der Waals surface area (Å²) in [6.07, 6.45) is -2.05. The lowest BCUT2D eigenvalue weighted by Gasteiger charge is -2.32. The molecule has 1 aromatic heterocycles. The number of nitrogens with one attached hydrogen (secondary N) is 1. The number of aryl methyl sites for hydroxylation is 1. The Kier molecular flexibility index (Phi) is 6.11. The first-order valence-electron chi connectivity index (χ1n) is 10.1. The molecule has 8 heteroatoms. The van der Waals surface area contributed by atoms with E-state index < -0.39 is 12.6 Å². The van der Waals surface area contributed by atoms with E-state index in [2.05, 4.69) is 9.88 Å². The van der Waals surface area contributed by atoms with E-state index in [1.54, 1.807) is 11.8 Å². The summed E-state index contributed by atoms with van der Waals surface area (Å²) in [5.74, 6) is 2.56. The Bertz CT molecular complexity index is 921. The molecule has 0 atom stereocenters. The molecular weight excluding hydrogens is 401 g/mol. The van der Waals surface area contributed by atoms with Gasteiger partial charge in [0.05, 0.1) is 0 Å². The average Bonchev–Trinajstić information content (AvgIpc) is 2.69. The number of alkyl halides is 3. The number of likely N-dealkylation sites (tertiary alicyclic amines) is 1. The van der Waals surface area contributed by atoms with E-state index in [9.17, 15) is 18.0 Å². The molecule has 1 N–H and O–H groups in total. The maximum atomic E-state index is 12.3. The number of halogens is 3. The third kappa shape index (κ3) is 5.09. The Balaban J connectivity index is 1.38. The van der Waals surface area contributed by atoms with E-state index in [1.165, 1.54) is 0 Å². The number of benzene rings is 1. The van der Waals surface area contributed by atoms with Gasteiger partial charge in [-0.1, -0.05) is 0 Å². The van der Waals surface area contributed by atoms with Gasteiger partial charge in [0.15, 0.2) is 0 Å². The van der Waals surface area contributed by atoms with Crippen LogP contribution in [0.3, 0.4) is 0 Å². The summed E-state index contributed by atoms with van der Waals surface area (Å²) >= 11 is 1.78. The van der Waals surface area contributed by atoms with E-state index in [1.807, 2.05) is 18.2 Å². The second-order valence-electron chi connectivity index (χ2n) is 7.80. The van der Waals surface area contributed by atoms with E-state index in [0.29, 0.717) is 6.54 Å². The van der Waals surface area contributed by atoms with Crippen molar-refractivity contribution >= 4 is 22.7 Å². The standard InChI is InChI=1S/C21H25F3N2O2S/c22-21(23,24)7-1-8-26-9-4-14(5-10-26)28-15-2-3-19-17(12-15)16-6-11-29-13-18(16)20(27)25-19/h2-3,12,14H,1,4-11,13H2,(H,25,27). The summed E-state index contributed by atoms with van der Waals surface area (Å²) in [6, 6.07) is 5.81. The van der Waals surface area contributed by atoms with Crippen LogP contribution in [0.4, 0.5) is 13.2 Å². The summed E-state index contributed by atoms with van der Waals surface area (Å²) in [4.78, 5) is 17.3. The minimum atomic E-state index is -4.07. The van der Waals surface area contributed by atoms with Crippen molar-refractivity contribution in [1.82, 2.24) is 9.88 Å². The van der Waals surface area contributed by atoms with Gasteiger partial charge in [-0.3, -0.25) is 4.79 Å². The normalized spacial score (nSPS) is 18.7. The molecule has 158 valence electrons. The Morgan fingerprint density at radius 1 is 1.21 bits per heavy atom. The number of hydrogen-bond acceptors (Lipinski definition) is 4. The van der Waals surface area contributed by atoms with Gasteiger partial charge in [-0.25, -0.2) is 0 Å². The highest BCUT2D eigenvalue weighted by molar-refractivity contribution is 7.98. The van der Waals surface area contributed by atoms with Gasteiger partial charge in [-0.05, 0) is 61.7 Å². The zero-order valence-corrected chi connectivity index (χ0v) is 17.0. The van der Waals surface area contributed by atoms with E-state index in [4.69, 9.17) is 4.74 Å². The van der Waals surface area contributed by atoms with Crippen molar-refractivity contribution in [3.05, 3.63) is 39.7 Å². The average molecular weight is 427 g/mol. The molecule has 2 aliphatic heterocycles. The van der Waals surface area contributed by atoms with Crippen LogP contribution in [0.15, 0.2) is 23.0 Å². The molecule has 29 heavy (non-hydrogen) atoms. The number of H-pyrrole nitrogens is 1. The molecule has 1 aromatic carbocycles. The van der Waals surface area contributed by atoms with Crippen molar-refractivity contribution in [2.24, 2.45) is 0 Å². The number of fused-ring (bicyclic) bond motifs is 3. The highest BCUT2D eigenvalue weighted by Gasteiger charge is 2.27. The molecule has 3 heterocycles. The van der Waals surface area contributed by atoms with Gasteiger partial charge in [-0.2, -0.15) is 24.9 Å². The minimum absolute atomic E-state index is 0.00580. The highest BCUT2D eigenvalue weighted by atomic mass is 32.2. The third-order valence-corrected chi connectivity index (χ3v) is 6.70. The number of thioether (sulfide) groups is 1. The maximum absolute atomic E-state index is 12.3. The van der Waals surface area contributed by atoms with Crippen molar-refractivity contribution in [1.29, 1.82) is 0 Å². The molecule has 0 bridgehead atoms. The fourth-order valence-corrected chi connectivity index (χ4v) is 5.19. The number of rotatable bonds is 5. The minimum Gasteiger partial charge on any atom is -0.490 e. The Morgan fingerprint density at radius 2 is 2.00 bits per heavy atom. The van der Waals surface area contributed by atoms with Gasteiger partial charge >= 0.3 is 6.18 Å². The fraction of sp³-hybridized carbons (Fsp3) is 0.571. The molecule has 1 fully saturated rings. The predicted molar refractivity (Wildman–Crippen MR) is 110 cm³/mol. The van der Waals surface area contributed by atoms with E-state index in [0.717, 1.165) is 71.6 Å². The largest absolute Gasteiger partial charge is 0.490 e. The van der Waals surface area contributed by atoms with E-state index >= 15 is 0 Å². The second-order valence-corrected chi connectivity index (χ2v) is 8.90. The number of aromatic amines is 1. The van der Waals surface area contributed by atoms with Crippen LogP contribution in [-0.4, -0.2) is 47.6 Å². The lowest BCUT2D eigenvalue weighted by molar-refractivity contribution is -0.136. The zero-order chi connectivity index (χ0) is 20.4. The number of hydrogen-bond donors (Lipinski definition) is 1. The van der Waals surface area contributed by atoms with Crippen LogP contribution in [-0.2, 0) is 12.2 Å². The summed E-state index contributed by atoms with van der Waals surface area (Å²) in [5.41, 5.74) is 2.85. The smallest absolute Gasteiger partial charge is 0.389 e. The molecule has 0 aliphatic carbocycles. The van der Waals surface area contributed by atoms with Crippen LogP contribution in [0.25, 0.3) is 10.9 Å². The Labute approximate surface area is 171 Å². The van der Waals surface area contributed by atoms with Crippen LogP contribution < -0.4 is 10.3 Å². The summed E-state index contributed by atoms with van der Waals surface area (Å²) in [7, 11) is 0. The summed E-state index contributed by atoms with van der Waals surface area (Å²) in [5, 5.41) is 1.06. The number of piperidine rings is 1. The SMILES string of the molecule is O=c1[nH]c2ccc(OC3CCN(CCCC(F)(F)F)CC3)cc2c2c1CSCC2. The predicted octanol–water partition coefficient (Wildman–Crippen LogP) is 4.50. The summed E-state index contributed by atoms with van der Waals surface area (Å²) in [6.45, 7) is 2.01. The molecule has 0 radical (unpaired) electrons. The topological polar surface area (TPSA) is 45.3 Å². The molecular formula is C21H25F3N2O2S. The number of nitrogens with zero attached hydrogens (tertiary/aromatic N) is 1. The second kappa shape index (κ2) is 8.60. The number of aromatic nitrogens is 1. The van der Waals surface area contributed by atoms with E-state index in [-0.39, 0.29) is 18.1 Å². The maximum Gasteiger partial charge on any atom is 0.389 e. The molecule has 0 unspecified atom stereocenters. The molecule has 2 aromatic rings. The lowest BCUT2D eigenvalue weighted by Crippen LogP contribution is -2.39. The van der Waals surface area contributed by atoms with Gasteiger partial charge in [0.25, 0.3) is 5.56 Å². The van der Waals surface area contributed by atoms with Crippen LogP contribution in [0.2, 0.25) is 0 Å². The lowest BCUT2D eigenvalue weighted by atomic mass is 10.0. The molecule has 0 amide bonds. The van der Waals surface area contributed by atoms with Gasteiger partial charge in [-0.15, -0.1) is 0 Å². The van der Waals surface area contributed by atoms with Crippen molar-refractivity contribution in [2.45, 2.75) is 50.1 Å². The fourth-order valence-electron chi connectivity index (χ4n) is 4.19. The van der Waals surface area contributed by atoms with Crippen LogP contribution >= 0.6 is 11.8 Å². The van der Waals surface area contributed by atoms with Crippen LogP contribution in [0.5, 0.6) is 5.75 Å². The molecule has 2 aliphatic rings. The molecule has 0 saturated carbocycles. The molecule has 4 nitrogen and oxygen atoms in total. The van der Waals surface area contributed by atoms with Gasteiger partial charge in [0.2, 0.25) is 0 Å². The van der Waals surface area contributed by atoms with Crippen molar-refractivity contribution in [3.63, 3.8) is 0 Å². The van der Waals surface area contributed by atoms with Gasteiger partial charge in [0, 0.05) is 41.7 Å². The first-order valence-corrected chi connectivity index (χ1v) is 11.3. The highest BCUT2D eigenvalue weighted by Crippen LogP contribution is 2.31. The van der Waals surface area contributed by atoms with Gasteiger partial charge in [0.1, 0.15) is 11.9 Å².